The number of hydrogen-bond acceptors (Lipinski definition) is 2. The number of rotatable bonds is 3. The van der Waals surface area contributed by atoms with E-state index in [0.29, 0.717) is 10.0 Å². The van der Waals surface area contributed by atoms with Gasteiger partial charge in [0.25, 0.3) is 0 Å². The Morgan fingerprint density at radius 2 is 1.38 bits per heavy atom. The van der Waals surface area contributed by atoms with Crippen molar-refractivity contribution in [3.63, 3.8) is 0 Å². The standard InChI is InChI=1S/C21H15Cl2FN2/c22-16-5-1-14(2-6-16)20-13-21(15-3-9-18(24)10-4-15)26(25-20)19-11-7-17(23)8-12-19/h1-12,21H,13H2/t21-/m1/s1. The van der Waals surface area contributed by atoms with Crippen LogP contribution in [0.1, 0.15) is 23.6 Å². The zero-order chi connectivity index (χ0) is 18.1. The lowest BCUT2D eigenvalue weighted by atomic mass is 9.98. The predicted octanol–water partition coefficient (Wildman–Crippen LogP) is 6.49. The Bertz CT molecular complexity index is 935. The Hall–Kier alpha value is -2.36. The minimum atomic E-state index is -0.247. The third-order valence-corrected chi connectivity index (χ3v) is 4.94. The molecule has 2 nitrogen and oxygen atoms in total. The molecular formula is C21H15Cl2FN2. The molecule has 0 N–H and O–H groups in total. The number of hydrogen-bond donors (Lipinski definition) is 0. The fraction of sp³-hybridized carbons (Fsp3) is 0.0952. The van der Waals surface area contributed by atoms with Crippen LogP contribution in [0.5, 0.6) is 0 Å². The van der Waals surface area contributed by atoms with E-state index in [1.807, 2.05) is 65.7 Å². The third kappa shape index (κ3) is 3.46. The van der Waals surface area contributed by atoms with Gasteiger partial charge in [-0.25, -0.2) is 4.39 Å². The summed E-state index contributed by atoms with van der Waals surface area (Å²) >= 11 is 12.0. The van der Waals surface area contributed by atoms with Crippen LogP contribution in [0.4, 0.5) is 10.1 Å². The summed E-state index contributed by atoms with van der Waals surface area (Å²) in [5.74, 6) is -0.247. The van der Waals surface area contributed by atoms with Crippen molar-refractivity contribution >= 4 is 34.6 Å². The van der Waals surface area contributed by atoms with E-state index in [1.54, 1.807) is 0 Å². The van der Waals surface area contributed by atoms with Gasteiger partial charge >= 0.3 is 0 Å². The van der Waals surface area contributed by atoms with Gasteiger partial charge in [-0.3, -0.25) is 5.01 Å². The van der Waals surface area contributed by atoms with Crippen LogP contribution in [-0.2, 0) is 0 Å². The lowest BCUT2D eigenvalue weighted by Gasteiger charge is -2.24. The predicted molar refractivity (Wildman–Crippen MR) is 106 cm³/mol. The smallest absolute Gasteiger partial charge is 0.123 e. The first-order valence-electron chi connectivity index (χ1n) is 8.24. The molecule has 0 unspecified atom stereocenters. The maximum atomic E-state index is 13.3. The molecule has 1 aliphatic heterocycles. The highest BCUT2D eigenvalue weighted by molar-refractivity contribution is 6.31. The molecule has 26 heavy (non-hydrogen) atoms. The van der Waals surface area contributed by atoms with Crippen molar-refractivity contribution in [3.05, 3.63) is 99.8 Å². The Morgan fingerprint density at radius 1 is 0.808 bits per heavy atom. The molecule has 0 saturated heterocycles. The van der Waals surface area contributed by atoms with Crippen LogP contribution in [0, 0.1) is 5.82 Å². The second-order valence-electron chi connectivity index (χ2n) is 6.15. The lowest BCUT2D eigenvalue weighted by molar-refractivity contribution is 0.624. The van der Waals surface area contributed by atoms with Crippen LogP contribution in [0.15, 0.2) is 77.9 Å². The highest BCUT2D eigenvalue weighted by Crippen LogP contribution is 2.37. The summed E-state index contributed by atoms with van der Waals surface area (Å²) in [5.41, 5.74) is 3.94. The molecule has 5 heteroatoms. The minimum Gasteiger partial charge on any atom is -0.257 e. The van der Waals surface area contributed by atoms with E-state index in [2.05, 4.69) is 0 Å². The fourth-order valence-electron chi connectivity index (χ4n) is 3.10. The van der Waals surface area contributed by atoms with Crippen molar-refractivity contribution in [1.29, 1.82) is 0 Å². The van der Waals surface area contributed by atoms with Gasteiger partial charge in [-0.15, -0.1) is 0 Å². The van der Waals surface area contributed by atoms with Gasteiger partial charge in [0.15, 0.2) is 0 Å². The summed E-state index contributed by atoms with van der Waals surface area (Å²) in [4.78, 5) is 0. The van der Waals surface area contributed by atoms with Gasteiger partial charge < -0.3 is 0 Å². The second kappa shape index (κ2) is 7.10. The molecule has 4 rings (SSSR count). The molecule has 1 atom stereocenters. The molecule has 0 radical (unpaired) electrons. The van der Waals surface area contributed by atoms with Crippen molar-refractivity contribution in [2.24, 2.45) is 5.10 Å². The SMILES string of the molecule is Fc1ccc([C@H]2CC(c3ccc(Cl)cc3)=NN2c2ccc(Cl)cc2)cc1. The average molecular weight is 385 g/mol. The van der Waals surface area contributed by atoms with Crippen molar-refractivity contribution < 1.29 is 4.39 Å². The van der Waals surface area contributed by atoms with E-state index < -0.39 is 0 Å². The quantitative estimate of drug-likeness (QED) is 0.503. The molecule has 1 heterocycles. The summed E-state index contributed by atoms with van der Waals surface area (Å²) in [6.07, 6.45) is 0.718. The van der Waals surface area contributed by atoms with Crippen LogP contribution in [0.25, 0.3) is 0 Å². The van der Waals surface area contributed by atoms with Crippen LogP contribution in [0.3, 0.4) is 0 Å². The second-order valence-corrected chi connectivity index (χ2v) is 7.02. The van der Waals surface area contributed by atoms with E-state index in [4.69, 9.17) is 28.3 Å². The molecule has 0 spiro atoms. The largest absolute Gasteiger partial charge is 0.257 e. The molecule has 3 aromatic carbocycles. The highest BCUT2D eigenvalue weighted by atomic mass is 35.5. The topological polar surface area (TPSA) is 15.6 Å². The van der Waals surface area contributed by atoms with Gasteiger partial charge in [-0.2, -0.15) is 5.10 Å². The van der Waals surface area contributed by atoms with Crippen molar-refractivity contribution in [1.82, 2.24) is 0 Å². The Balaban J connectivity index is 1.74. The van der Waals surface area contributed by atoms with Gasteiger partial charge in [0.1, 0.15) is 5.82 Å². The molecular weight excluding hydrogens is 370 g/mol. The van der Waals surface area contributed by atoms with Crippen LogP contribution in [-0.4, -0.2) is 5.71 Å². The Labute approximate surface area is 161 Å². The first kappa shape index (κ1) is 17.1. The summed E-state index contributed by atoms with van der Waals surface area (Å²) < 4.78 is 13.3. The summed E-state index contributed by atoms with van der Waals surface area (Å²) in [5, 5.41) is 8.17. The van der Waals surface area contributed by atoms with E-state index in [-0.39, 0.29) is 11.9 Å². The fourth-order valence-corrected chi connectivity index (χ4v) is 3.36. The molecule has 0 amide bonds. The zero-order valence-corrected chi connectivity index (χ0v) is 15.3. The first-order chi connectivity index (χ1) is 12.6. The summed E-state index contributed by atoms with van der Waals surface area (Å²) in [6, 6.07) is 21.8. The van der Waals surface area contributed by atoms with E-state index in [0.717, 1.165) is 28.9 Å². The average Bonchev–Trinajstić information content (AvgIpc) is 3.09. The van der Waals surface area contributed by atoms with Crippen LogP contribution in [0.2, 0.25) is 10.0 Å². The normalized spacial score (nSPS) is 16.7. The summed E-state index contributed by atoms with van der Waals surface area (Å²) in [6.45, 7) is 0. The van der Waals surface area contributed by atoms with Crippen molar-refractivity contribution in [3.8, 4) is 0 Å². The van der Waals surface area contributed by atoms with Crippen LogP contribution >= 0.6 is 23.2 Å². The van der Waals surface area contributed by atoms with Crippen molar-refractivity contribution in [2.45, 2.75) is 12.5 Å². The number of hydrazone groups is 1. The monoisotopic (exact) mass is 384 g/mol. The van der Waals surface area contributed by atoms with Crippen molar-refractivity contribution in [2.75, 3.05) is 5.01 Å². The molecule has 130 valence electrons. The van der Waals surface area contributed by atoms with Gasteiger partial charge in [-0.05, 0) is 59.7 Å². The number of halogens is 3. The van der Waals surface area contributed by atoms with Crippen LogP contribution < -0.4 is 5.01 Å². The molecule has 0 saturated carbocycles. The number of anilines is 1. The lowest BCUT2D eigenvalue weighted by Crippen LogP contribution is -2.18. The molecule has 1 aliphatic rings. The van der Waals surface area contributed by atoms with Gasteiger partial charge in [-0.1, -0.05) is 47.5 Å². The summed E-state index contributed by atoms with van der Waals surface area (Å²) in [7, 11) is 0. The highest BCUT2D eigenvalue weighted by Gasteiger charge is 2.29. The van der Waals surface area contributed by atoms with Gasteiger partial charge in [0.05, 0.1) is 17.4 Å². The zero-order valence-electron chi connectivity index (χ0n) is 13.7. The minimum absolute atomic E-state index is 0.0116. The Kier molecular flexibility index (Phi) is 4.66. The first-order valence-corrected chi connectivity index (χ1v) is 8.99. The van der Waals surface area contributed by atoms with Gasteiger partial charge in [0.2, 0.25) is 0 Å². The molecule has 0 fully saturated rings. The third-order valence-electron chi connectivity index (χ3n) is 4.43. The Morgan fingerprint density at radius 3 is 2.00 bits per heavy atom. The molecule has 0 aromatic heterocycles. The number of nitrogens with zero attached hydrogens (tertiary/aromatic N) is 2. The molecule has 0 aliphatic carbocycles. The van der Waals surface area contributed by atoms with Gasteiger partial charge in [0, 0.05) is 16.5 Å². The maximum absolute atomic E-state index is 13.3. The molecule has 0 bridgehead atoms. The molecule has 3 aromatic rings. The maximum Gasteiger partial charge on any atom is 0.123 e. The van der Waals surface area contributed by atoms with E-state index in [1.165, 1.54) is 12.1 Å². The van der Waals surface area contributed by atoms with E-state index >= 15 is 0 Å². The number of benzene rings is 3. The van der Waals surface area contributed by atoms with E-state index in [9.17, 15) is 4.39 Å².